The van der Waals surface area contributed by atoms with E-state index in [1.54, 1.807) is 37.4 Å². The van der Waals surface area contributed by atoms with Crippen LogP contribution in [0.4, 0.5) is 4.39 Å². The first kappa shape index (κ1) is 22.9. The Morgan fingerprint density at radius 3 is 2.12 bits per heavy atom. The maximum Gasteiger partial charge on any atom is 0.253 e. The van der Waals surface area contributed by atoms with Crippen LogP contribution in [0, 0.1) is 5.82 Å². The maximum absolute atomic E-state index is 13.7. The summed E-state index contributed by atoms with van der Waals surface area (Å²) in [5, 5.41) is 0. The van der Waals surface area contributed by atoms with Gasteiger partial charge in [0.05, 0.1) is 20.8 Å². The minimum atomic E-state index is -0.443. The molecular formula is C25H26FNO5. The molecule has 0 aliphatic carbocycles. The molecule has 0 fully saturated rings. The second kappa shape index (κ2) is 11.0. The van der Waals surface area contributed by atoms with E-state index in [4.69, 9.17) is 18.9 Å². The standard InChI is InChI=1S/C25H26FNO5/c1-27(13-14-31-21-12-8-7-11-20(21)26)25(28)19-15-22(29-2)24(23(16-19)30-3)32-17-18-9-5-4-6-10-18/h4-12,15-16H,13-14,17H2,1-3H3. The van der Waals surface area contributed by atoms with Crippen LogP contribution in [0.3, 0.4) is 0 Å². The SMILES string of the molecule is COc1cc(C(=O)N(C)CCOc2ccccc2F)cc(OC)c1OCc1ccccc1. The Morgan fingerprint density at radius 2 is 1.50 bits per heavy atom. The fourth-order valence-electron chi connectivity index (χ4n) is 3.05. The molecule has 3 rings (SSSR count). The maximum atomic E-state index is 13.7. The van der Waals surface area contributed by atoms with Crippen molar-refractivity contribution in [2.45, 2.75) is 6.61 Å². The Bertz CT molecular complexity index is 1020. The molecule has 0 bridgehead atoms. The molecule has 0 saturated carbocycles. The third-order valence-corrected chi connectivity index (χ3v) is 4.80. The highest BCUT2D eigenvalue weighted by molar-refractivity contribution is 5.95. The molecule has 3 aromatic carbocycles. The van der Waals surface area contributed by atoms with Crippen LogP contribution in [0.5, 0.6) is 23.0 Å². The zero-order valence-corrected chi connectivity index (χ0v) is 18.3. The number of carbonyl (C=O) groups is 1. The molecule has 6 nitrogen and oxygen atoms in total. The Hall–Kier alpha value is -3.74. The number of carbonyl (C=O) groups excluding carboxylic acids is 1. The number of nitrogens with zero attached hydrogens (tertiary/aromatic N) is 1. The number of methoxy groups -OCH3 is 2. The van der Waals surface area contributed by atoms with Gasteiger partial charge < -0.3 is 23.8 Å². The Labute approximate surface area is 187 Å². The number of ether oxygens (including phenoxy) is 4. The van der Waals surface area contributed by atoms with Gasteiger partial charge in [-0.05, 0) is 29.8 Å². The lowest BCUT2D eigenvalue weighted by atomic mass is 10.1. The second-order valence-corrected chi connectivity index (χ2v) is 6.99. The zero-order valence-electron chi connectivity index (χ0n) is 18.3. The van der Waals surface area contributed by atoms with Gasteiger partial charge in [0.1, 0.15) is 13.2 Å². The van der Waals surface area contributed by atoms with E-state index in [1.165, 1.54) is 25.2 Å². The van der Waals surface area contributed by atoms with Crippen LogP contribution in [0.2, 0.25) is 0 Å². The van der Waals surface area contributed by atoms with Gasteiger partial charge in [-0.15, -0.1) is 0 Å². The lowest BCUT2D eigenvalue weighted by Gasteiger charge is -2.20. The molecule has 168 valence electrons. The van der Waals surface area contributed by atoms with Crippen molar-refractivity contribution in [3.05, 3.63) is 83.7 Å². The first-order valence-electron chi connectivity index (χ1n) is 10.1. The van der Waals surface area contributed by atoms with Gasteiger partial charge in [0.2, 0.25) is 5.75 Å². The molecule has 0 saturated heterocycles. The van der Waals surface area contributed by atoms with Crippen molar-refractivity contribution in [1.29, 1.82) is 0 Å². The van der Waals surface area contributed by atoms with Crippen molar-refractivity contribution in [2.24, 2.45) is 0 Å². The summed E-state index contributed by atoms with van der Waals surface area (Å²) >= 11 is 0. The van der Waals surface area contributed by atoms with Gasteiger partial charge in [-0.3, -0.25) is 4.79 Å². The van der Waals surface area contributed by atoms with Crippen molar-refractivity contribution in [2.75, 3.05) is 34.4 Å². The van der Waals surface area contributed by atoms with E-state index in [0.717, 1.165) is 5.56 Å². The van der Waals surface area contributed by atoms with Crippen LogP contribution in [-0.4, -0.2) is 45.2 Å². The summed E-state index contributed by atoms with van der Waals surface area (Å²) < 4.78 is 35.9. The molecule has 3 aromatic rings. The fourth-order valence-corrected chi connectivity index (χ4v) is 3.05. The lowest BCUT2D eigenvalue weighted by Crippen LogP contribution is -2.31. The summed E-state index contributed by atoms with van der Waals surface area (Å²) in [4.78, 5) is 14.4. The molecule has 32 heavy (non-hydrogen) atoms. The quantitative estimate of drug-likeness (QED) is 0.463. The molecule has 0 aliphatic heterocycles. The van der Waals surface area contributed by atoms with Crippen molar-refractivity contribution in [3.8, 4) is 23.0 Å². The van der Waals surface area contributed by atoms with Gasteiger partial charge >= 0.3 is 0 Å². The van der Waals surface area contributed by atoms with Gasteiger partial charge in [-0.25, -0.2) is 4.39 Å². The number of likely N-dealkylation sites (N-methyl/N-ethyl adjacent to an activating group) is 1. The number of hydrogen-bond acceptors (Lipinski definition) is 5. The molecule has 1 amide bonds. The largest absolute Gasteiger partial charge is 0.493 e. The number of halogens is 1. The predicted octanol–water partition coefficient (Wildman–Crippen LogP) is 4.57. The van der Waals surface area contributed by atoms with Crippen molar-refractivity contribution in [1.82, 2.24) is 4.90 Å². The molecule has 7 heteroatoms. The van der Waals surface area contributed by atoms with Gasteiger partial charge in [0, 0.05) is 12.6 Å². The summed E-state index contributed by atoms with van der Waals surface area (Å²) in [7, 11) is 4.65. The van der Waals surface area contributed by atoms with Crippen LogP contribution in [0.25, 0.3) is 0 Å². The first-order chi connectivity index (χ1) is 15.5. The summed E-state index contributed by atoms with van der Waals surface area (Å²) in [6.45, 7) is 0.744. The van der Waals surface area contributed by atoms with Crippen molar-refractivity contribution >= 4 is 5.91 Å². The third-order valence-electron chi connectivity index (χ3n) is 4.80. The molecule has 0 spiro atoms. The molecule has 0 atom stereocenters. The highest BCUT2D eigenvalue weighted by Gasteiger charge is 2.20. The zero-order chi connectivity index (χ0) is 22.9. The van der Waals surface area contributed by atoms with E-state index in [1.807, 2.05) is 30.3 Å². The van der Waals surface area contributed by atoms with Gasteiger partial charge in [0.25, 0.3) is 5.91 Å². The lowest BCUT2D eigenvalue weighted by molar-refractivity contribution is 0.0772. The molecule has 0 aliphatic rings. The summed E-state index contributed by atoms with van der Waals surface area (Å²) in [6.07, 6.45) is 0. The molecule has 0 N–H and O–H groups in total. The Balaban J connectivity index is 1.69. The van der Waals surface area contributed by atoms with Crippen LogP contribution in [0.1, 0.15) is 15.9 Å². The molecule has 0 radical (unpaired) electrons. The van der Waals surface area contributed by atoms with Crippen molar-refractivity contribution < 1.29 is 28.1 Å². The Kier molecular flexibility index (Phi) is 7.91. The second-order valence-electron chi connectivity index (χ2n) is 6.99. The summed E-state index contributed by atoms with van der Waals surface area (Å²) in [5.41, 5.74) is 1.37. The Morgan fingerprint density at radius 1 is 0.875 bits per heavy atom. The fraction of sp³-hybridized carbons (Fsp3) is 0.240. The van der Waals surface area contributed by atoms with E-state index in [2.05, 4.69) is 0 Å². The number of amides is 1. The average Bonchev–Trinajstić information content (AvgIpc) is 2.83. The topological polar surface area (TPSA) is 57.2 Å². The highest BCUT2D eigenvalue weighted by atomic mass is 19.1. The summed E-state index contributed by atoms with van der Waals surface area (Å²) in [6, 6.07) is 19.1. The highest BCUT2D eigenvalue weighted by Crippen LogP contribution is 2.39. The van der Waals surface area contributed by atoms with Crippen molar-refractivity contribution in [3.63, 3.8) is 0 Å². The molecular weight excluding hydrogens is 413 g/mol. The molecule has 0 unspecified atom stereocenters. The number of hydrogen-bond donors (Lipinski definition) is 0. The third kappa shape index (κ3) is 5.69. The van der Waals surface area contributed by atoms with Gasteiger partial charge in [-0.2, -0.15) is 0 Å². The smallest absolute Gasteiger partial charge is 0.253 e. The number of rotatable bonds is 10. The van der Waals surface area contributed by atoms with E-state index >= 15 is 0 Å². The normalized spacial score (nSPS) is 10.4. The monoisotopic (exact) mass is 439 g/mol. The van der Waals surface area contributed by atoms with E-state index in [0.29, 0.717) is 29.4 Å². The van der Waals surface area contributed by atoms with Crippen LogP contribution < -0.4 is 18.9 Å². The van der Waals surface area contributed by atoms with E-state index < -0.39 is 5.82 Å². The molecule has 0 aromatic heterocycles. The molecule has 0 heterocycles. The number of benzene rings is 3. The predicted molar refractivity (Wildman–Crippen MR) is 119 cm³/mol. The summed E-state index contributed by atoms with van der Waals surface area (Å²) in [5.74, 6) is 0.646. The van der Waals surface area contributed by atoms with E-state index in [9.17, 15) is 9.18 Å². The first-order valence-corrected chi connectivity index (χ1v) is 10.1. The van der Waals surface area contributed by atoms with Gasteiger partial charge in [0.15, 0.2) is 23.1 Å². The van der Waals surface area contributed by atoms with Crippen LogP contribution >= 0.6 is 0 Å². The van der Waals surface area contributed by atoms with Gasteiger partial charge in [-0.1, -0.05) is 42.5 Å². The van der Waals surface area contributed by atoms with Crippen LogP contribution in [-0.2, 0) is 6.61 Å². The minimum absolute atomic E-state index is 0.149. The van der Waals surface area contributed by atoms with Crippen LogP contribution in [0.15, 0.2) is 66.7 Å². The average molecular weight is 439 g/mol. The minimum Gasteiger partial charge on any atom is -0.493 e. The number of para-hydroxylation sites is 1. The van der Waals surface area contributed by atoms with E-state index in [-0.39, 0.29) is 24.8 Å².